The van der Waals surface area contributed by atoms with Crippen molar-refractivity contribution in [1.29, 1.82) is 0 Å². The van der Waals surface area contributed by atoms with Gasteiger partial charge in [0, 0.05) is 32.4 Å². The van der Waals surface area contributed by atoms with Crippen LogP contribution in [0.5, 0.6) is 0 Å². The molecule has 1 fully saturated rings. The van der Waals surface area contributed by atoms with Gasteiger partial charge in [-0.2, -0.15) is 0 Å². The summed E-state index contributed by atoms with van der Waals surface area (Å²) >= 11 is 0. The molecule has 1 saturated carbocycles. The summed E-state index contributed by atoms with van der Waals surface area (Å²) in [7, 11) is 4.50. The number of rotatable bonds is 4. The maximum absolute atomic E-state index is 2.54. The lowest BCUT2D eigenvalue weighted by molar-refractivity contribution is 0.267. The van der Waals surface area contributed by atoms with Crippen LogP contribution in [0.3, 0.4) is 0 Å². The Morgan fingerprint density at radius 3 is 2.90 bits per heavy atom. The molecular formula is C18H28N2. The van der Waals surface area contributed by atoms with E-state index in [-0.39, 0.29) is 0 Å². The molecule has 0 N–H and O–H groups in total. The third-order valence-electron chi connectivity index (χ3n) is 5.17. The molecule has 1 aliphatic carbocycles. The Bertz CT molecular complexity index is 468. The van der Waals surface area contributed by atoms with Crippen molar-refractivity contribution in [2.24, 2.45) is 11.8 Å². The molecule has 1 aromatic rings. The van der Waals surface area contributed by atoms with Gasteiger partial charge < -0.3 is 9.80 Å². The molecule has 0 aromatic heterocycles. The van der Waals surface area contributed by atoms with Crippen molar-refractivity contribution < 1.29 is 0 Å². The van der Waals surface area contributed by atoms with Gasteiger partial charge in [-0.1, -0.05) is 25.5 Å². The minimum absolute atomic E-state index is 0.925. The van der Waals surface area contributed by atoms with E-state index in [2.05, 4.69) is 49.0 Å². The van der Waals surface area contributed by atoms with Crippen molar-refractivity contribution in [3.63, 3.8) is 0 Å². The van der Waals surface area contributed by atoms with E-state index in [1.807, 2.05) is 0 Å². The van der Waals surface area contributed by atoms with Gasteiger partial charge in [-0.05, 0) is 55.3 Å². The number of nitrogens with zero attached hydrogens (tertiary/aromatic N) is 2. The molecular weight excluding hydrogens is 244 g/mol. The molecule has 110 valence electrons. The molecule has 2 aliphatic rings. The summed E-state index contributed by atoms with van der Waals surface area (Å²) in [6.45, 7) is 5.96. The van der Waals surface area contributed by atoms with Crippen LogP contribution in [0.1, 0.15) is 37.3 Å². The van der Waals surface area contributed by atoms with Gasteiger partial charge in [0.2, 0.25) is 0 Å². The predicted octanol–water partition coefficient (Wildman–Crippen LogP) is 3.55. The van der Waals surface area contributed by atoms with Crippen LogP contribution in [0.25, 0.3) is 0 Å². The molecule has 1 aromatic carbocycles. The predicted molar refractivity (Wildman–Crippen MR) is 86.3 cm³/mol. The van der Waals surface area contributed by atoms with Crippen LogP contribution in [-0.4, -0.2) is 32.1 Å². The van der Waals surface area contributed by atoms with E-state index < -0.39 is 0 Å². The summed E-state index contributed by atoms with van der Waals surface area (Å²) in [4.78, 5) is 4.92. The summed E-state index contributed by atoms with van der Waals surface area (Å²) in [5.41, 5.74) is 4.58. The lowest BCUT2D eigenvalue weighted by Gasteiger charge is -2.22. The normalized spacial score (nSPS) is 25.5. The van der Waals surface area contributed by atoms with E-state index >= 15 is 0 Å². The minimum atomic E-state index is 0.925. The molecule has 20 heavy (non-hydrogen) atoms. The standard InChI is InChI=1S/C18H28N2/c1-14-7-8-15(11-14)12-19(2)13-16-5-4-6-18-17(16)9-10-20(18)3/h4-6,14-15H,7-13H2,1-3H3. The molecule has 1 heterocycles. The highest BCUT2D eigenvalue weighted by Gasteiger charge is 2.23. The van der Waals surface area contributed by atoms with Gasteiger partial charge >= 0.3 is 0 Å². The van der Waals surface area contributed by atoms with Crippen LogP contribution in [0, 0.1) is 11.8 Å². The summed E-state index contributed by atoms with van der Waals surface area (Å²) in [5.74, 6) is 1.87. The van der Waals surface area contributed by atoms with Crippen molar-refractivity contribution in [3.05, 3.63) is 29.3 Å². The molecule has 0 radical (unpaired) electrons. The lowest BCUT2D eigenvalue weighted by Crippen LogP contribution is -2.24. The first-order valence-electron chi connectivity index (χ1n) is 8.14. The minimum Gasteiger partial charge on any atom is -0.374 e. The van der Waals surface area contributed by atoms with Crippen molar-refractivity contribution in [3.8, 4) is 0 Å². The number of likely N-dealkylation sites (N-methyl/N-ethyl adjacent to an activating group) is 1. The van der Waals surface area contributed by atoms with Gasteiger partial charge in [-0.3, -0.25) is 0 Å². The van der Waals surface area contributed by atoms with E-state index in [0.29, 0.717) is 0 Å². The van der Waals surface area contributed by atoms with Gasteiger partial charge in [0.05, 0.1) is 0 Å². The van der Waals surface area contributed by atoms with Crippen molar-refractivity contribution >= 4 is 5.69 Å². The van der Waals surface area contributed by atoms with Gasteiger partial charge in [0.1, 0.15) is 0 Å². The molecule has 0 saturated heterocycles. The molecule has 0 spiro atoms. The Labute approximate surface area is 123 Å². The SMILES string of the molecule is CC1CCC(CN(C)Cc2cccc3c2CCN3C)C1. The second-order valence-corrected chi connectivity index (χ2v) is 7.07. The highest BCUT2D eigenvalue weighted by molar-refractivity contribution is 5.60. The molecule has 2 nitrogen and oxygen atoms in total. The summed E-state index contributed by atoms with van der Waals surface area (Å²) in [5, 5.41) is 0. The van der Waals surface area contributed by atoms with E-state index in [1.54, 1.807) is 11.1 Å². The Morgan fingerprint density at radius 1 is 1.30 bits per heavy atom. The third kappa shape index (κ3) is 2.85. The van der Waals surface area contributed by atoms with Crippen LogP contribution in [0.15, 0.2) is 18.2 Å². The van der Waals surface area contributed by atoms with Crippen LogP contribution in [0.2, 0.25) is 0 Å². The lowest BCUT2D eigenvalue weighted by atomic mass is 10.0. The average Bonchev–Trinajstić information content (AvgIpc) is 2.98. The van der Waals surface area contributed by atoms with E-state index in [1.165, 1.54) is 44.5 Å². The number of fused-ring (bicyclic) bond motifs is 1. The number of anilines is 1. The van der Waals surface area contributed by atoms with E-state index in [0.717, 1.165) is 18.4 Å². The molecule has 2 atom stereocenters. The number of hydrogen-bond acceptors (Lipinski definition) is 2. The first-order valence-corrected chi connectivity index (χ1v) is 8.14. The van der Waals surface area contributed by atoms with Gasteiger partial charge in [0.25, 0.3) is 0 Å². The topological polar surface area (TPSA) is 6.48 Å². The number of hydrogen-bond donors (Lipinski definition) is 0. The maximum Gasteiger partial charge on any atom is 0.0400 e. The van der Waals surface area contributed by atoms with Gasteiger partial charge in [-0.15, -0.1) is 0 Å². The Balaban J connectivity index is 1.63. The zero-order valence-electron chi connectivity index (χ0n) is 13.2. The Hall–Kier alpha value is -1.02. The molecule has 0 bridgehead atoms. The fraction of sp³-hybridized carbons (Fsp3) is 0.667. The first-order chi connectivity index (χ1) is 9.63. The Morgan fingerprint density at radius 2 is 2.15 bits per heavy atom. The van der Waals surface area contributed by atoms with E-state index in [4.69, 9.17) is 0 Å². The zero-order chi connectivity index (χ0) is 14.1. The zero-order valence-corrected chi connectivity index (χ0v) is 13.2. The summed E-state index contributed by atoms with van der Waals surface area (Å²) < 4.78 is 0. The van der Waals surface area contributed by atoms with Crippen molar-refractivity contribution in [2.75, 3.05) is 32.1 Å². The summed E-state index contributed by atoms with van der Waals surface area (Å²) in [6, 6.07) is 6.82. The summed E-state index contributed by atoms with van der Waals surface area (Å²) in [6.07, 6.45) is 5.52. The van der Waals surface area contributed by atoms with Crippen LogP contribution >= 0.6 is 0 Å². The third-order valence-corrected chi connectivity index (χ3v) is 5.17. The molecule has 2 unspecified atom stereocenters. The molecule has 0 amide bonds. The maximum atomic E-state index is 2.54. The molecule has 3 rings (SSSR count). The van der Waals surface area contributed by atoms with Gasteiger partial charge in [-0.25, -0.2) is 0 Å². The molecule has 2 heteroatoms. The average molecular weight is 272 g/mol. The highest BCUT2D eigenvalue weighted by atomic mass is 15.1. The van der Waals surface area contributed by atoms with Crippen LogP contribution in [0.4, 0.5) is 5.69 Å². The highest BCUT2D eigenvalue weighted by Crippen LogP contribution is 2.32. The second kappa shape index (κ2) is 5.77. The van der Waals surface area contributed by atoms with E-state index in [9.17, 15) is 0 Å². The Kier molecular flexibility index (Phi) is 4.02. The monoisotopic (exact) mass is 272 g/mol. The molecule has 1 aliphatic heterocycles. The first kappa shape index (κ1) is 13.9. The van der Waals surface area contributed by atoms with Gasteiger partial charge in [0.15, 0.2) is 0 Å². The second-order valence-electron chi connectivity index (χ2n) is 7.07. The van der Waals surface area contributed by atoms with Crippen molar-refractivity contribution in [1.82, 2.24) is 4.90 Å². The van der Waals surface area contributed by atoms with Crippen LogP contribution in [-0.2, 0) is 13.0 Å². The quantitative estimate of drug-likeness (QED) is 0.827. The fourth-order valence-corrected chi connectivity index (χ4v) is 4.10. The van der Waals surface area contributed by atoms with Crippen LogP contribution < -0.4 is 4.90 Å². The number of benzene rings is 1. The fourth-order valence-electron chi connectivity index (χ4n) is 4.10. The van der Waals surface area contributed by atoms with Crippen molar-refractivity contribution in [2.45, 2.75) is 39.2 Å². The smallest absolute Gasteiger partial charge is 0.0400 e. The largest absolute Gasteiger partial charge is 0.374 e.